The maximum Gasteiger partial charge on any atom is 0.340 e. The molecule has 36 heavy (non-hydrogen) atoms. The Labute approximate surface area is 213 Å². The average molecular weight is 527 g/mol. The van der Waals surface area contributed by atoms with E-state index in [0.29, 0.717) is 23.0 Å². The molecule has 1 aromatic heterocycles. The number of esters is 1. The highest BCUT2D eigenvalue weighted by Gasteiger charge is 2.37. The number of benzene rings is 2. The van der Waals surface area contributed by atoms with Crippen LogP contribution in [0.15, 0.2) is 92.9 Å². The number of allylic oxidation sites excluding steroid dienone is 1. The van der Waals surface area contributed by atoms with Crippen molar-refractivity contribution in [2.75, 3.05) is 7.11 Å². The third kappa shape index (κ3) is 5.43. The molecule has 2 aromatic carbocycles. The second-order valence-electron chi connectivity index (χ2n) is 7.97. The molecule has 0 bridgehead atoms. The number of amides is 1. The van der Waals surface area contributed by atoms with Gasteiger partial charge in [-0.1, -0.05) is 41.9 Å². The molecule has 0 unspecified atom stereocenters. The van der Waals surface area contributed by atoms with Gasteiger partial charge in [0, 0.05) is 10.7 Å². The minimum Gasteiger partial charge on any atom is -0.465 e. The van der Waals surface area contributed by atoms with Crippen molar-refractivity contribution in [2.24, 2.45) is 0 Å². The van der Waals surface area contributed by atoms with E-state index in [1.54, 1.807) is 19.1 Å². The van der Waals surface area contributed by atoms with E-state index in [2.05, 4.69) is 4.72 Å². The Morgan fingerprint density at radius 1 is 1.08 bits per heavy atom. The zero-order valence-corrected chi connectivity index (χ0v) is 21.1. The highest BCUT2D eigenvalue weighted by molar-refractivity contribution is 7.89. The van der Waals surface area contributed by atoms with E-state index in [4.69, 9.17) is 20.8 Å². The van der Waals surface area contributed by atoms with E-state index in [1.165, 1.54) is 42.4 Å². The van der Waals surface area contributed by atoms with Crippen LogP contribution < -0.4 is 4.72 Å². The van der Waals surface area contributed by atoms with E-state index in [9.17, 15) is 18.0 Å². The van der Waals surface area contributed by atoms with Crippen molar-refractivity contribution in [1.29, 1.82) is 0 Å². The number of furan rings is 1. The summed E-state index contributed by atoms with van der Waals surface area (Å²) in [4.78, 5) is 27.4. The zero-order valence-electron chi connectivity index (χ0n) is 19.5. The SMILES string of the molecule is COC(=O)C1=C(C)N(Cc2ccccc2)C(=O)/C1=C/c1ccc(CNS(=O)(=O)c2ccc(Cl)cc2)o1. The molecular weight excluding hydrogens is 504 g/mol. The molecule has 4 rings (SSSR count). The number of nitrogens with zero attached hydrogens (tertiary/aromatic N) is 1. The minimum atomic E-state index is -3.78. The number of methoxy groups -OCH3 is 1. The first-order valence-corrected chi connectivity index (χ1v) is 12.8. The van der Waals surface area contributed by atoms with Crippen molar-refractivity contribution in [3.63, 3.8) is 0 Å². The fourth-order valence-electron chi connectivity index (χ4n) is 3.76. The van der Waals surface area contributed by atoms with Crippen LogP contribution in [0.1, 0.15) is 24.0 Å². The Bertz CT molecular complexity index is 1460. The van der Waals surface area contributed by atoms with Gasteiger partial charge in [0.15, 0.2) is 0 Å². The van der Waals surface area contributed by atoms with Crippen LogP contribution in [0, 0.1) is 0 Å². The van der Waals surface area contributed by atoms with Crippen LogP contribution in [0.2, 0.25) is 5.02 Å². The number of hydrogen-bond acceptors (Lipinski definition) is 6. The highest BCUT2D eigenvalue weighted by atomic mass is 35.5. The topological polar surface area (TPSA) is 106 Å². The summed E-state index contributed by atoms with van der Waals surface area (Å²) >= 11 is 5.82. The Hall–Kier alpha value is -3.66. The molecule has 1 aliphatic rings. The summed E-state index contributed by atoms with van der Waals surface area (Å²) in [5.74, 6) is -0.385. The predicted octanol–water partition coefficient (Wildman–Crippen LogP) is 4.28. The van der Waals surface area contributed by atoms with Crippen LogP contribution >= 0.6 is 11.6 Å². The van der Waals surface area contributed by atoms with Crippen LogP contribution in [0.3, 0.4) is 0 Å². The van der Waals surface area contributed by atoms with Crippen LogP contribution in [0.4, 0.5) is 0 Å². The van der Waals surface area contributed by atoms with Gasteiger partial charge in [0.1, 0.15) is 11.5 Å². The van der Waals surface area contributed by atoms with Crippen molar-refractivity contribution in [3.05, 3.63) is 106 Å². The first-order chi connectivity index (χ1) is 17.2. The maximum atomic E-state index is 13.3. The molecule has 0 radical (unpaired) electrons. The average Bonchev–Trinajstić information content (AvgIpc) is 3.41. The molecule has 0 saturated carbocycles. The Balaban J connectivity index is 1.55. The number of carbonyl (C=O) groups is 2. The molecule has 3 aromatic rings. The van der Waals surface area contributed by atoms with E-state index in [1.807, 2.05) is 30.3 Å². The summed E-state index contributed by atoms with van der Waals surface area (Å²) in [7, 11) is -2.53. The second kappa shape index (κ2) is 10.5. The largest absolute Gasteiger partial charge is 0.465 e. The third-order valence-electron chi connectivity index (χ3n) is 5.61. The summed E-state index contributed by atoms with van der Waals surface area (Å²) in [5.41, 5.74) is 1.67. The van der Waals surface area contributed by atoms with Crippen molar-refractivity contribution < 1.29 is 27.2 Å². The fourth-order valence-corrected chi connectivity index (χ4v) is 4.88. The second-order valence-corrected chi connectivity index (χ2v) is 10.2. The molecule has 0 spiro atoms. The Kier molecular flexibility index (Phi) is 7.44. The molecule has 1 amide bonds. The summed E-state index contributed by atoms with van der Waals surface area (Å²) in [6.45, 7) is 1.87. The number of halogens is 1. The molecule has 0 fully saturated rings. The molecule has 10 heteroatoms. The molecule has 0 aliphatic carbocycles. The Morgan fingerprint density at radius 2 is 1.78 bits per heavy atom. The molecular formula is C26H23ClN2O6S. The molecule has 2 heterocycles. The zero-order chi connectivity index (χ0) is 25.9. The highest BCUT2D eigenvalue weighted by Crippen LogP contribution is 2.33. The van der Waals surface area contributed by atoms with Gasteiger partial charge in [0.2, 0.25) is 10.0 Å². The van der Waals surface area contributed by atoms with Crippen LogP contribution in [-0.4, -0.2) is 32.3 Å². The molecule has 186 valence electrons. The van der Waals surface area contributed by atoms with Gasteiger partial charge in [-0.05, 0) is 55.0 Å². The van der Waals surface area contributed by atoms with Gasteiger partial charge in [-0.2, -0.15) is 0 Å². The summed E-state index contributed by atoms with van der Waals surface area (Å²) in [5, 5.41) is 0.428. The molecule has 1 N–H and O–H groups in total. The van der Waals surface area contributed by atoms with Crippen LogP contribution in [-0.2, 0) is 37.4 Å². The van der Waals surface area contributed by atoms with Gasteiger partial charge in [0.05, 0.1) is 36.2 Å². The fraction of sp³-hybridized carbons (Fsp3) is 0.154. The summed E-state index contributed by atoms with van der Waals surface area (Å²) in [6, 6.07) is 18.4. The number of ether oxygens (including phenoxy) is 1. The number of carbonyl (C=O) groups excluding carboxylic acids is 2. The lowest BCUT2D eigenvalue weighted by atomic mass is 10.1. The molecule has 0 atom stereocenters. The lowest BCUT2D eigenvalue weighted by molar-refractivity contribution is -0.136. The lowest BCUT2D eigenvalue weighted by Crippen LogP contribution is -2.24. The van der Waals surface area contributed by atoms with Crippen molar-refractivity contribution in [2.45, 2.75) is 24.9 Å². The van der Waals surface area contributed by atoms with Crippen molar-refractivity contribution >= 4 is 39.6 Å². The number of sulfonamides is 1. The number of nitrogens with one attached hydrogen (secondary N) is 1. The minimum absolute atomic E-state index is 0.0687. The van der Waals surface area contributed by atoms with Gasteiger partial charge in [-0.3, -0.25) is 4.79 Å². The van der Waals surface area contributed by atoms with E-state index in [0.717, 1.165) is 5.56 Å². The van der Waals surface area contributed by atoms with Crippen LogP contribution in [0.25, 0.3) is 6.08 Å². The molecule has 1 aliphatic heterocycles. The van der Waals surface area contributed by atoms with Crippen LogP contribution in [0.5, 0.6) is 0 Å². The first kappa shape index (κ1) is 25.4. The monoisotopic (exact) mass is 526 g/mol. The lowest BCUT2D eigenvalue weighted by Gasteiger charge is -2.17. The standard InChI is InChI=1S/C26H23ClN2O6S/c1-17-24(26(31)34-2)23(25(30)29(17)16-18-6-4-3-5-7-18)14-20-10-11-21(35-20)15-28-36(32,33)22-12-8-19(27)9-13-22/h3-14,28H,15-16H2,1-2H3/b23-14+. The van der Waals surface area contributed by atoms with E-state index in [-0.39, 0.29) is 34.3 Å². The number of rotatable bonds is 8. The van der Waals surface area contributed by atoms with Gasteiger partial charge in [-0.15, -0.1) is 0 Å². The third-order valence-corrected chi connectivity index (χ3v) is 7.28. The first-order valence-electron chi connectivity index (χ1n) is 10.9. The van der Waals surface area contributed by atoms with Crippen molar-refractivity contribution in [3.8, 4) is 0 Å². The normalized spacial score (nSPS) is 15.1. The predicted molar refractivity (Wildman–Crippen MR) is 134 cm³/mol. The quantitative estimate of drug-likeness (QED) is 0.347. The van der Waals surface area contributed by atoms with Gasteiger partial charge < -0.3 is 14.1 Å². The van der Waals surface area contributed by atoms with Crippen molar-refractivity contribution in [1.82, 2.24) is 9.62 Å². The number of hydrogen-bond donors (Lipinski definition) is 1. The van der Waals surface area contributed by atoms with Gasteiger partial charge in [0.25, 0.3) is 5.91 Å². The Morgan fingerprint density at radius 3 is 2.44 bits per heavy atom. The smallest absolute Gasteiger partial charge is 0.340 e. The molecule has 8 nitrogen and oxygen atoms in total. The van der Waals surface area contributed by atoms with Gasteiger partial charge in [-0.25, -0.2) is 17.9 Å². The molecule has 0 saturated heterocycles. The van der Waals surface area contributed by atoms with E-state index >= 15 is 0 Å². The summed E-state index contributed by atoms with van der Waals surface area (Å²) in [6.07, 6.45) is 1.46. The summed E-state index contributed by atoms with van der Waals surface area (Å²) < 4.78 is 38.1. The van der Waals surface area contributed by atoms with Gasteiger partial charge >= 0.3 is 5.97 Å². The van der Waals surface area contributed by atoms with E-state index < -0.39 is 16.0 Å². The maximum absolute atomic E-state index is 13.3.